The van der Waals surface area contributed by atoms with Gasteiger partial charge in [-0.2, -0.15) is 0 Å². The van der Waals surface area contributed by atoms with Crippen LogP contribution < -0.4 is 15.2 Å². The van der Waals surface area contributed by atoms with Gasteiger partial charge < -0.3 is 15.2 Å². The summed E-state index contributed by atoms with van der Waals surface area (Å²) in [6, 6.07) is 22.4. The number of benzene rings is 3. The fourth-order valence-corrected chi connectivity index (χ4v) is 3.11. The number of esters is 2. The Kier molecular flexibility index (Phi) is 5.75. The Morgan fingerprint density at radius 2 is 1.14 bits per heavy atom. The molecule has 142 valence electrons. The van der Waals surface area contributed by atoms with Gasteiger partial charge in [-0.15, -0.1) is 0 Å². The quantitative estimate of drug-likeness (QED) is 0.311. The number of para-hydroxylation sites is 1. The van der Waals surface area contributed by atoms with Crippen LogP contribution in [0.4, 0.5) is 5.69 Å². The van der Waals surface area contributed by atoms with Crippen molar-refractivity contribution in [3.8, 4) is 11.5 Å². The van der Waals surface area contributed by atoms with Gasteiger partial charge in [-0.05, 0) is 47.0 Å². The number of nitrogen functional groups attached to an aromatic ring is 1. The third-order valence-corrected chi connectivity index (χ3v) is 4.26. The van der Waals surface area contributed by atoms with Crippen LogP contribution in [-0.4, -0.2) is 11.9 Å². The standard InChI is InChI=1S/C23H21NO4/c1-15(25)27-19-11-7-17(8-12-19)23(21-5-3-4-6-22(21)24)18-9-13-20(14-10-18)28-16(2)26/h3-14,23H,24H2,1-2H3. The molecule has 0 amide bonds. The molecule has 0 saturated carbocycles. The summed E-state index contributed by atoms with van der Waals surface area (Å²) < 4.78 is 10.2. The molecule has 3 aromatic rings. The molecule has 2 N–H and O–H groups in total. The Labute approximate surface area is 163 Å². The smallest absolute Gasteiger partial charge is 0.308 e. The van der Waals surface area contributed by atoms with Crippen LogP contribution in [-0.2, 0) is 9.59 Å². The number of hydrogen-bond acceptors (Lipinski definition) is 5. The molecule has 0 aromatic heterocycles. The lowest BCUT2D eigenvalue weighted by atomic mass is 9.84. The highest BCUT2D eigenvalue weighted by molar-refractivity contribution is 5.70. The second-order valence-corrected chi connectivity index (χ2v) is 6.39. The fraction of sp³-hybridized carbons (Fsp3) is 0.130. The van der Waals surface area contributed by atoms with Crippen LogP contribution in [0.15, 0.2) is 72.8 Å². The first-order valence-electron chi connectivity index (χ1n) is 8.85. The second-order valence-electron chi connectivity index (χ2n) is 6.39. The first-order chi connectivity index (χ1) is 13.4. The van der Waals surface area contributed by atoms with Crippen molar-refractivity contribution in [1.29, 1.82) is 0 Å². The average Bonchev–Trinajstić information content (AvgIpc) is 2.65. The zero-order chi connectivity index (χ0) is 20.1. The number of nitrogens with two attached hydrogens (primary N) is 1. The fourth-order valence-electron chi connectivity index (χ4n) is 3.11. The molecule has 5 nitrogen and oxygen atoms in total. The molecule has 3 rings (SSSR count). The van der Waals surface area contributed by atoms with Gasteiger partial charge in [-0.3, -0.25) is 9.59 Å². The van der Waals surface area contributed by atoms with Crippen LogP contribution in [0.25, 0.3) is 0 Å². The zero-order valence-corrected chi connectivity index (χ0v) is 15.7. The summed E-state index contributed by atoms with van der Waals surface area (Å²) in [7, 11) is 0. The summed E-state index contributed by atoms with van der Waals surface area (Å²) in [6.45, 7) is 2.73. The summed E-state index contributed by atoms with van der Waals surface area (Å²) in [5.74, 6) is 0.122. The van der Waals surface area contributed by atoms with E-state index in [1.165, 1.54) is 13.8 Å². The molecule has 3 aromatic carbocycles. The van der Waals surface area contributed by atoms with Gasteiger partial charge in [0.1, 0.15) is 11.5 Å². The monoisotopic (exact) mass is 375 g/mol. The van der Waals surface area contributed by atoms with Gasteiger partial charge in [-0.1, -0.05) is 42.5 Å². The maximum Gasteiger partial charge on any atom is 0.308 e. The van der Waals surface area contributed by atoms with E-state index in [-0.39, 0.29) is 17.9 Å². The normalized spacial score (nSPS) is 10.5. The highest BCUT2D eigenvalue weighted by atomic mass is 16.5. The van der Waals surface area contributed by atoms with E-state index in [0.29, 0.717) is 17.2 Å². The predicted molar refractivity (Wildman–Crippen MR) is 107 cm³/mol. The van der Waals surface area contributed by atoms with E-state index < -0.39 is 0 Å². The third-order valence-electron chi connectivity index (χ3n) is 4.26. The Morgan fingerprint density at radius 1 is 0.714 bits per heavy atom. The Morgan fingerprint density at radius 3 is 1.54 bits per heavy atom. The van der Waals surface area contributed by atoms with E-state index in [1.807, 2.05) is 48.5 Å². The summed E-state index contributed by atoms with van der Waals surface area (Å²) in [4.78, 5) is 22.3. The van der Waals surface area contributed by atoms with E-state index in [0.717, 1.165) is 16.7 Å². The maximum absolute atomic E-state index is 11.2. The molecule has 0 aliphatic rings. The number of carbonyl (C=O) groups excluding carboxylic acids is 2. The Hall–Kier alpha value is -3.60. The van der Waals surface area contributed by atoms with Crippen molar-refractivity contribution in [3.63, 3.8) is 0 Å². The highest BCUT2D eigenvalue weighted by Crippen LogP contribution is 2.36. The first kappa shape index (κ1) is 19.2. The van der Waals surface area contributed by atoms with Gasteiger partial charge in [0.05, 0.1) is 0 Å². The lowest BCUT2D eigenvalue weighted by Crippen LogP contribution is -2.07. The molecular formula is C23H21NO4. The van der Waals surface area contributed by atoms with Crippen LogP contribution in [0.2, 0.25) is 0 Å². The summed E-state index contributed by atoms with van der Waals surface area (Å²) >= 11 is 0. The molecule has 0 unspecified atom stereocenters. The first-order valence-corrected chi connectivity index (χ1v) is 8.85. The summed E-state index contributed by atoms with van der Waals surface area (Å²) in [5.41, 5.74) is 9.88. The SMILES string of the molecule is CC(=O)Oc1ccc(C(c2ccc(OC(C)=O)cc2)c2ccccc2N)cc1. The second kappa shape index (κ2) is 8.39. The van der Waals surface area contributed by atoms with Gasteiger partial charge >= 0.3 is 11.9 Å². The average molecular weight is 375 g/mol. The number of carbonyl (C=O) groups is 2. The minimum Gasteiger partial charge on any atom is -0.427 e. The van der Waals surface area contributed by atoms with E-state index in [9.17, 15) is 9.59 Å². The molecule has 0 radical (unpaired) electrons. The largest absolute Gasteiger partial charge is 0.427 e. The van der Waals surface area contributed by atoms with E-state index in [2.05, 4.69) is 0 Å². The number of ether oxygens (including phenoxy) is 2. The topological polar surface area (TPSA) is 78.6 Å². The van der Waals surface area contributed by atoms with Crippen LogP contribution in [0.5, 0.6) is 11.5 Å². The number of rotatable bonds is 5. The minimum atomic E-state index is -0.363. The lowest BCUT2D eigenvalue weighted by molar-refractivity contribution is -0.132. The van der Waals surface area contributed by atoms with Gasteiger partial charge in [0.25, 0.3) is 0 Å². The van der Waals surface area contributed by atoms with Crippen LogP contribution in [0.1, 0.15) is 36.5 Å². The summed E-state index contributed by atoms with van der Waals surface area (Å²) in [5, 5.41) is 0. The molecule has 0 aliphatic carbocycles. The molecule has 28 heavy (non-hydrogen) atoms. The van der Waals surface area contributed by atoms with Crippen molar-refractivity contribution in [2.75, 3.05) is 5.73 Å². The highest BCUT2D eigenvalue weighted by Gasteiger charge is 2.19. The van der Waals surface area contributed by atoms with E-state index in [1.54, 1.807) is 24.3 Å². The van der Waals surface area contributed by atoms with Crippen LogP contribution >= 0.6 is 0 Å². The molecule has 0 aliphatic heterocycles. The molecule has 0 saturated heterocycles. The van der Waals surface area contributed by atoms with Crippen molar-refractivity contribution < 1.29 is 19.1 Å². The van der Waals surface area contributed by atoms with Crippen LogP contribution in [0, 0.1) is 0 Å². The molecule has 0 fully saturated rings. The lowest BCUT2D eigenvalue weighted by Gasteiger charge is -2.21. The predicted octanol–water partition coefficient (Wildman–Crippen LogP) is 4.30. The van der Waals surface area contributed by atoms with Crippen molar-refractivity contribution in [1.82, 2.24) is 0 Å². The number of anilines is 1. The molecular weight excluding hydrogens is 354 g/mol. The molecule has 0 atom stereocenters. The summed E-state index contributed by atoms with van der Waals surface area (Å²) in [6.07, 6.45) is 0. The minimum absolute atomic E-state index is 0.126. The Bertz CT molecular complexity index is 919. The molecule has 0 heterocycles. The zero-order valence-electron chi connectivity index (χ0n) is 15.7. The van der Waals surface area contributed by atoms with Crippen molar-refractivity contribution in [2.24, 2.45) is 0 Å². The third kappa shape index (κ3) is 4.57. The molecule has 0 spiro atoms. The molecule has 5 heteroatoms. The van der Waals surface area contributed by atoms with Crippen molar-refractivity contribution >= 4 is 17.6 Å². The van der Waals surface area contributed by atoms with Gasteiger partial charge in [0, 0.05) is 25.5 Å². The van der Waals surface area contributed by atoms with Gasteiger partial charge in [-0.25, -0.2) is 0 Å². The van der Waals surface area contributed by atoms with Crippen molar-refractivity contribution in [2.45, 2.75) is 19.8 Å². The van der Waals surface area contributed by atoms with Gasteiger partial charge in [0.2, 0.25) is 0 Å². The number of hydrogen-bond donors (Lipinski definition) is 1. The Balaban J connectivity index is 2.02. The maximum atomic E-state index is 11.2. The van der Waals surface area contributed by atoms with Crippen LogP contribution in [0.3, 0.4) is 0 Å². The van der Waals surface area contributed by atoms with Gasteiger partial charge in [0.15, 0.2) is 0 Å². The van der Waals surface area contributed by atoms with Crippen molar-refractivity contribution in [3.05, 3.63) is 89.5 Å². The van der Waals surface area contributed by atoms with E-state index in [4.69, 9.17) is 15.2 Å². The van der Waals surface area contributed by atoms with E-state index >= 15 is 0 Å². The molecule has 0 bridgehead atoms.